The van der Waals surface area contributed by atoms with Crippen LogP contribution in [0.5, 0.6) is 0 Å². The molecule has 16 bridgehead atoms. The molecule has 7 aromatic heterocycles. The minimum absolute atomic E-state index is 0.558. The molecule has 0 atom stereocenters. The first-order valence-corrected chi connectivity index (χ1v) is 30.2. The summed E-state index contributed by atoms with van der Waals surface area (Å²) in [5, 5.41) is 0. The van der Waals surface area contributed by atoms with Gasteiger partial charge in [-0.1, -0.05) is 70.8 Å². The van der Waals surface area contributed by atoms with Crippen LogP contribution in [0, 0.1) is 83.1 Å². The Labute approximate surface area is 515 Å². The topological polar surface area (TPSA) is 182 Å². The van der Waals surface area contributed by atoms with Crippen LogP contribution in [0.3, 0.4) is 0 Å². The fourth-order valence-corrected chi connectivity index (χ4v) is 14.2. The maximum atomic E-state index is 5.45. The zero-order valence-corrected chi connectivity index (χ0v) is 51.9. The Morgan fingerprint density at radius 1 is 0.236 bits per heavy atom. The molecule has 11 heterocycles. The molecule has 0 radical (unpaired) electrons. The summed E-state index contributed by atoms with van der Waals surface area (Å²) in [6, 6.07) is 34.7. The molecule has 4 aromatic carbocycles. The molecule has 0 unspecified atom stereocenters. The van der Waals surface area contributed by atoms with E-state index in [1.807, 2.05) is 36.4 Å². The van der Waals surface area contributed by atoms with E-state index in [-0.39, 0.29) is 0 Å². The van der Waals surface area contributed by atoms with Crippen LogP contribution in [0.2, 0.25) is 0 Å². The summed E-state index contributed by atoms with van der Waals surface area (Å²) in [5.74, 6) is 2.30. The summed E-state index contributed by atoms with van der Waals surface area (Å²) >= 11 is 0. The molecule has 5 N–H and O–H groups in total. The minimum atomic E-state index is 0.558. The standard InChI is InChI=1S/C76H65N13/c1-37-27-41(5)67(42(6)28-37)71-53-15-21-61(78-53)86-63-23-17-57(80-63)73(69-45(9)31-39(3)32-46(69)10)59-35-49(75(84-59)88-65-25-19-55(71)82-65)51-13-14-52(77-51)50-36-60-74(70-47(11)33-40(4)34-48(70)12)58-18-24-64(81-58)87-62-22-16-54(79-62)72(68-43(7)29-38(2)30-44(68)8)56-20-26-66(83-56)89-76(50)85-60/h13-36,77H,1-12H3,(H,78,80,86)(H,79,81,87)(H,82,84,88)(H,83,85,89). The van der Waals surface area contributed by atoms with Gasteiger partial charge in [0.05, 0.1) is 33.8 Å². The summed E-state index contributed by atoms with van der Waals surface area (Å²) in [4.78, 5) is 61.3. The molecule has 4 aliphatic heterocycles. The third-order valence-electron chi connectivity index (χ3n) is 17.4. The third kappa shape index (κ3) is 9.66. The van der Waals surface area contributed by atoms with Crippen LogP contribution in [0.4, 0.5) is 0 Å². The molecule has 89 heavy (non-hydrogen) atoms. The van der Waals surface area contributed by atoms with Crippen molar-refractivity contribution in [2.24, 2.45) is 0 Å². The first kappa shape index (κ1) is 54.7. The minimum Gasteiger partial charge on any atom is -0.354 e. The fourth-order valence-electron chi connectivity index (χ4n) is 14.2. The SMILES string of the molecule is Cc1cc(C)c(-c2c3nc(nc4[nH]c(cc4-c4ccc(-c5cc6[nH]c5nc5nc(c(-c7c(C)cc(C)cc7C)c7ccc(nc8nc(c6-c6c(C)cc(C)cc6C)C=C8)[nH]7)C=C5)[nH]4)c(-c4c(C)cc(C)cc4C)c4nc(nc5ccc2[nH]5)C=C4)C=C3)c(C)c1. The number of benzene rings is 4. The van der Waals surface area contributed by atoms with Crippen LogP contribution in [0.1, 0.15) is 113 Å². The second kappa shape index (κ2) is 20.9. The monoisotopic (exact) mass is 1160 g/mol. The van der Waals surface area contributed by atoms with Gasteiger partial charge in [-0.3, -0.25) is 0 Å². The van der Waals surface area contributed by atoms with Crippen molar-refractivity contribution in [1.82, 2.24) is 64.8 Å². The summed E-state index contributed by atoms with van der Waals surface area (Å²) < 4.78 is 0. The van der Waals surface area contributed by atoms with Gasteiger partial charge in [0.25, 0.3) is 0 Å². The third-order valence-corrected chi connectivity index (χ3v) is 17.4. The number of nitrogens with zero attached hydrogens (tertiary/aromatic N) is 8. The van der Waals surface area contributed by atoms with Crippen molar-refractivity contribution in [2.45, 2.75) is 83.1 Å². The first-order valence-electron chi connectivity index (χ1n) is 30.2. The molecule has 0 saturated carbocycles. The van der Waals surface area contributed by atoms with Crippen LogP contribution in [-0.4, -0.2) is 64.8 Å². The van der Waals surface area contributed by atoms with Crippen molar-refractivity contribution in [3.05, 3.63) is 210 Å². The molecule has 0 spiro atoms. The normalized spacial score (nSPS) is 12.5. The molecule has 15 rings (SSSR count). The van der Waals surface area contributed by atoms with E-state index in [1.165, 1.54) is 22.3 Å². The second-order valence-corrected chi connectivity index (χ2v) is 24.5. The van der Waals surface area contributed by atoms with Gasteiger partial charge in [0.15, 0.2) is 23.3 Å². The largest absolute Gasteiger partial charge is 0.354 e. The van der Waals surface area contributed by atoms with Gasteiger partial charge in [-0.05, 0) is 247 Å². The van der Waals surface area contributed by atoms with Gasteiger partial charge in [-0.25, -0.2) is 39.9 Å². The Morgan fingerprint density at radius 3 is 0.820 bits per heavy atom. The van der Waals surface area contributed by atoms with Gasteiger partial charge < -0.3 is 24.9 Å². The number of rotatable bonds is 6. The summed E-state index contributed by atoms with van der Waals surface area (Å²) in [6.07, 6.45) is 16.2. The smallest absolute Gasteiger partial charge is 0.155 e. The van der Waals surface area contributed by atoms with E-state index in [1.54, 1.807) is 0 Å². The van der Waals surface area contributed by atoms with Crippen molar-refractivity contribution >= 4 is 93.3 Å². The maximum absolute atomic E-state index is 5.45. The van der Waals surface area contributed by atoms with E-state index >= 15 is 0 Å². The van der Waals surface area contributed by atoms with Crippen LogP contribution in [-0.2, 0) is 0 Å². The molecule has 434 valence electrons. The molecule has 0 fully saturated rings. The van der Waals surface area contributed by atoms with E-state index in [9.17, 15) is 0 Å². The van der Waals surface area contributed by atoms with E-state index in [0.717, 1.165) is 156 Å². The lowest BCUT2D eigenvalue weighted by Crippen LogP contribution is -1.94. The van der Waals surface area contributed by atoms with Crippen molar-refractivity contribution in [2.75, 3.05) is 0 Å². The molecule has 0 amide bonds. The summed E-state index contributed by atoms with van der Waals surface area (Å²) in [5.41, 5.74) is 34.8. The van der Waals surface area contributed by atoms with E-state index in [2.05, 4.69) is 217 Å². The lowest BCUT2D eigenvalue weighted by molar-refractivity contribution is 1.18. The highest BCUT2D eigenvalue weighted by molar-refractivity contribution is 6.00. The van der Waals surface area contributed by atoms with E-state index in [0.29, 0.717) is 45.9 Å². The van der Waals surface area contributed by atoms with Gasteiger partial charge >= 0.3 is 0 Å². The maximum Gasteiger partial charge on any atom is 0.155 e. The number of fused-ring (bicyclic) bond motifs is 16. The predicted molar refractivity (Wildman–Crippen MR) is 366 cm³/mol. The fraction of sp³-hybridized carbons (Fsp3) is 0.158. The highest BCUT2D eigenvalue weighted by Crippen LogP contribution is 2.42. The Hall–Kier alpha value is -10.9. The van der Waals surface area contributed by atoms with Gasteiger partial charge in [-0.2, -0.15) is 0 Å². The van der Waals surface area contributed by atoms with Crippen molar-refractivity contribution in [3.8, 4) is 67.0 Å². The summed E-state index contributed by atoms with van der Waals surface area (Å²) in [7, 11) is 0. The number of nitrogens with one attached hydrogen (secondary N) is 5. The number of aromatic amines is 5. The molecule has 0 aliphatic carbocycles. The van der Waals surface area contributed by atoms with Gasteiger partial charge in [0.2, 0.25) is 0 Å². The lowest BCUT2D eigenvalue weighted by Gasteiger charge is -2.13. The molecule has 4 aliphatic rings. The molecular weight excluding hydrogens is 1090 g/mol. The zero-order valence-electron chi connectivity index (χ0n) is 51.9. The van der Waals surface area contributed by atoms with Crippen molar-refractivity contribution in [1.29, 1.82) is 0 Å². The Kier molecular flexibility index (Phi) is 12.9. The molecule has 13 heteroatoms. The van der Waals surface area contributed by atoms with Gasteiger partial charge in [-0.15, -0.1) is 0 Å². The van der Waals surface area contributed by atoms with Crippen LogP contribution < -0.4 is 0 Å². The molecular formula is C76H65N13. The van der Waals surface area contributed by atoms with Crippen molar-refractivity contribution in [3.63, 3.8) is 0 Å². The van der Waals surface area contributed by atoms with Gasteiger partial charge in [0.1, 0.15) is 22.6 Å². The second-order valence-electron chi connectivity index (χ2n) is 24.5. The van der Waals surface area contributed by atoms with Crippen molar-refractivity contribution < 1.29 is 0 Å². The molecule has 0 saturated heterocycles. The van der Waals surface area contributed by atoms with Gasteiger partial charge in [0, 0.05) is 55.8 Å². The first-order chi connectivity index (χ1) is 42.9. The average Bonchev–Trinajstić information content (AvgIpc) is 1.71. The number of aromatic nitrogens is 13. The zero-order chi connectivity index (χ0) is 61.3. The number of aryl methyl sites for hydroxylation is 12. The average molecular weight is 1160 g/mol. The predicted octanol–water partition coefficient (Wildman–Crippen LogP) is 18.2. The number of H-pyrrole nitrogens is 5. The van der Waals surface area contributed by atoms with Crippen LogP contribution in [0.25, 0.3) is 160 Å². The number of hydrogen-bond acceptors (Lipinski definition) is 8. The summed E-state index contributed by atoms with van der Waals surface area (Å²) in [6.45, 7) is 25.9. The highest BCUT2D eigenvalue weighted by Gasteiger charge is 2.24. The van der Waals surface area contributed by atoms with Crippen LogP contribution in [0.15, 0.2) is 97.1 Å². The van der Waals surface area contributed by atoms with Crippen LogP contribution >= 0.6 is 0 Å². The Balaban J connectivity index is 1.01. The Morgan fingerprint density at radius 2 is 0.517 bits per heavy atom. The van der Waals surface area contributed by atoms with E-state index < -0.39 is 0 Å². The quantitative estimate of drug-likeness (QED) is 0.109. The highest BCUT2D eigenvalue weighted by atomic mass is 15.0. The Bertz CT molecular complexity index is 4980. The lowest BCUT2D eigenvalue weighted by atomic mass is 9.92. The molecule has 11 aromatic rings. The molecule has 13 nitrogen and oxygen atoms in total. The number of hydrogen-bond donors (Lipinski definition) is 5. The van der Waals surface area contributed by atoms with E-state index in [4.69, 9.17) is 39.9 Å².